The summed E-state index contributed by atoms with van der Waals surface area (Å²) in [6.07, 6.45) is -4.40. The fourth-order valence-electron chi connectivity index (χ4n) is 1.37. The lowest BCUT2D eigenvalue weighted by Gasteiger charge is -2.13. The zero-order chi connectivity index (χ0) is 12.9. The van der Waals surface area contributed by atoms with Crippen molar-refractivity contribution in [2.75, 3.05) is 13.6 Å². The SMILES string of the molecule is CNCC(=O)NCc1ccccc1C(F)(F)F. The van der Waals surface area contributed by atoms with Gasteiger partial charge in [0.15, 0.2) is 0 Å². The lowest BCUT2D eigenvalue weighted by atomic mass is 10.1. The average molecular weight is 246 g/mol. The smallest absolute Gasteiger partial charge is 0.351 e. The minimum atomic E-state index is -4.40. The van der Waals surface area contributed by atoms with E-state index in [-0.39, 0.29) is 24.6 Å². The predicted molar refractivity (Wildman–Crippen MR) is 57.2 cm³/mol. The van der Waals surface area contributed by atoms with E-state index in [2.05, 4.69) is 10.6 Å². The van der Waals surface area contributed by atoms with Gasteiger partial charge in [-0.2, -0.15) is 13.2 Å². The van der Waals surface area contributed by atoms with Crippen molar-refractivity contribution in [1.29, 1.82) is 0 Å². The number of rotatable bonds is 4. The number of carbonyl (C=O) groups excluding carboxylic acids is 1. The maximum absolute atomic E-state index is 12.6. The summed E-state index contributed by atoms with van der Waals surface area (Å²) in [5, 5.41) is 5.03. The molecular weight excluding hydrogens is 233 g/mol. The van der Waals surface area contributed by atoms with Gasteiger partial charge < -0.3 is 10.6 Å². The largest absolute Gasteiger partial charge is 0.416 e. The number of alkyl halides is 3. The Balaban J connectivity index is 2.74. The van der Waals surface area contributed by atoms with E-state index in [4.69, 9.17) is 0 Å². The third-order valence-electron chi connectivity index (χ3n) is 2.14. The van der Waals surface area contributed by atoms with Crippen LogP contribution < -0.4 is 10.6 Å². The summed E-state index contributed by atoms with van der Waals surface area (Å²) in [6, 6.07) is 5.18. The van der Waals surface area contributed by atoms with Crippen molar-refractivity contribution < 1.29 is 18.0 Å². The summed E-state index contributed by atoms with van der Waals surface area (Å²) in [6.45, 7) is -0.0512. The zero-order valence-corrected chi connectivity index (χ0v) is 9.27. The van der Waals surface area contributed by atoms with E-state index < -0.39 is 11.7 Å². The first-order valence-corrected chi connectivity index (χ1v) is 5.01. The number of nitrogens with one attached hydrogen (secondary N) is 2. The number of halogens is 3. The summed E-state index contributed by atoms with van der Waals surface area (Å²) in [7, 11) is 1.59. The van der Waals surface area contributed by atoms with Crippen LogP contribution in [0.2, 0.25) is 0 Å². The lowest BCUT2D eigenvalue weighted by molar-refractivity contribution is -0.138. The van der Waals surface area contributed by atoms with E-state index in [9.17, 15) is 18.0 Å². The van der Waals surface area contributed by atoms with Gasteiger partial charge in [0.05, 0.1) is 12.1 Å². The maximum Gasteiger partial charge on any atom is 0.416 e. The highest BCUT2D eigenvalue weighted by molar-refractivity contribution is 5.77. The van der Waals surface area contributed by atoms with Crippen LogP contribution in [0.4, 0.5) is 13.2 Å². The maximum atomic E-state index is 12.6. The molecule has 0 radical (unpaired) electrons. The van der Waals surface area contributed by atoms with E-state index in [1.54, 1.807) is 7.05 Å². The minimum absolute atomic E-state index is 0.0597. The summed E-state index contributed by atoms with van der Waals surface area (Å²) in [4.78, 5) is 11.1. The molecule has 2 N–H and O–H groups in total. The van der Waals surface area contributed by atoms with Gasteiger partial charge in [0.25, 0.3) is 0 Å². The lowest BCUT2D eigenvalue weighted by Crippen LogP contribution is -2.32. The van der Waals surface area contributed by atoms with Gasteiger partial charge in [-0.1, -0.05) is 18.2 Å². The third kappa shape index (κ3) is 4.07. The van der Waals surface area contributed by atoms with Crippen molar-refractivity contribution in [2.24, 2.45) is 0 Å². The summed E-state index contributed by atoms with van der Waals surface area (Å²) in [5.41, 5.74) is -0.658. The number of likely N-dealkylation sites (N-methyl/N-ethyl adjacent to an activating group) is 1. The van der Waals surface area contributed by atoms with Gasteiger partial charge in [0.1, 0.15) is 0 Å². The van der Waals surface area contributed by atoms with Crippen LogP contribution in [0.3, 0.4) is 0 Å². The predicted octanol–water partition coefficient (Wildman–Crippen LogP) is 1.54. The third-order valence-corrected chi connectivity index (χ3v) is 2.14. The zero-order valence-electron chi connectivity index (χ0n) is 9.27. The highest BCUT2D eigenvalue weighted by Crippen LogP contribution is 2.31. The van der Waals surface area contributed by atoms with Crippen LogP contribution in [0.15, 0.2) is 24.3 Å². The standard InChI is InChI=1S/C11H13F3N2O/c1-15-7-10(17)16-6-8-4-2-3-5-9(8)11(12,13)14/h2-5,15H,6-7H2,1H3,(H,16,17). The molecule has 0 aliphatic rings. The first kappa shape index (κ1) is 13.5. The number of hydrogen-bond donors (Lipinski definition) is 2. The number of carbonyl (C=O) groups is 1. The molecule has 94 valence electrons. The van der Waals surface area contributed by atoms with Crippen LogP contribution in [0.25, 0.3) is 0 Å². The van der Waals surface area contributed by atoms with Crippen molar-refractivity contribution in [3.63, 3.8) is 0 Å². The molecule has 0 saturated carbocycles. The highest BCUT2D eigenvalue weighted by Gasteiger charge is 2.32. The Labute approximate surface area is 97.0 Å². The topological polar surface area (TPSA) is 41.1 Å². The molecule has 0 aliphatic heterocycles. The molecule has 0 saturated heterocycles. The summed E-state index contributed by atoms with van der Waals surface area (Å²) < 4.78 is 37.8. The normalized spacial score (nSPS) is 11.3. The van der Waals surface area contributed by atoms with Gasteiger partial charge in [-0.3, -0.25) is 4.79 Å². The van der Waals surface area contributed by atoms with E-state index in [1.165, 1.54) is 18.2 Å². The molecule has 0 aromatic heterocycles. The Bertz CT molecular complexity index is 391. The van der Waals surface area contributed by atoms with Crippen LogP contribution in [0.5, 0.6) is 0 Å². The van der Waals surface area contributed by atoms with Crippen LogP contribution in [-0.4, -0.2) is 19.5 Å². The Morgan fingerprint density at radius 3 is 2.53 bits per heavy atom. The Morgan fingerprint density at radius 2 is 1.94 bits per heavy atom. The molecule has 0 atom stereocenters. The molecule has 0 bridgehead atoms. The number of amides is 1. The molecular formula is C11H13F3N2O. The van der Waals surface area contributed by atoms with Gasteiger partial charge >= 0.3 is 6.18 Å². The second-order valence-electron chi connectivity index (χ2n) is 3.46. The Morgan fingerprint density at radius 1 is 1.29 bits per heavy atom. The van der Waals surface area contributed by atoms with Gasteiger partial charge in [-0.25, -0.2) is 0 Å². The molecule has 0 spiro atoms. The van der Waals surface area contributed by atoms with Crippen LogP contribution >= 0.6 is 0 Å². The molecule has 1 aromatic carbocycles. The van der Waals surface area contributed by atoms with E-state index in [0.717, 1.165) is 6.07 Å². The summed E-state index contributed by atoms with van der Waals surface area (Å²) in [5.74, 6) is -0.343. The molecule has 0 unspecified atom stereocenters. The van der Waals surface area contributed by atoms with Crippen molar-refractivity contribution >= 4 is 5.91 Å². The Kier molecular flexibility index (Phi) is 4.51. The van der Waals surface area contributed by atoms with Crippen LogP contribution in [0.1, 0.15) is 11.1 Å². The van der Waals surface area contributed by atoms with E-state index >= 15 is 0 Å². The average Bonchev–Trinajstić information content (AvgIpc) is 2.26. The molecule has 1 rings (SSSR count). The molecule has 1 amide bonds. The second-order valence-corrected chi connectivity index (χ2v) is 3.46. The first-order valence-electron chi connectivity index (χ1n) is 5.01. The first-order chi connectivity index (χ1) is 7.95. The van der Waals surface area contributed by atoms with Gasteiger partial charge in [0.2, 0.25) is 5.91 Å². The monoisotopic (exact) mass is 246 g/mol. The number of benzene rings is 1. The molecule has 3 nitrogen and oxygen atoms in total. The molecule has 17 heavy (non-hydrogen) atoms. The van der Waals surface area contributed by atoms with Gasteiger partial charge in [0, 0.05) is 6.54 Å². The summed E-state index contributed by atoms with van der Waals surface area (Å²) >= 11 is 0. The fraction of sp³-hybridized carbons (Fsp3) is 0.364. The van der Waals surface area contributed by atoms with Gasteiger partial charge in [-0.15, -0.1) is 0 Å². The second kappa shape index (κ2) is 5.67. The van der Waals surface area contributed by atoms with Gasteiger partial charge in [-0.05, 0) is 18.7 Å². The van der Waals surface area contributed by atoms with Crippen LogP contribution in [-0.2, 0) is 17.5 Å². The quantitative estimate of drug-likeness (QED) is 0.846. The highest BCUT2D eigenvalue weighted by atomic mass is 19.4. The molecule has 1 aromatic rings. The van der Waals surface area contributed by atoms with Crippen molar-refractivity contribution in [2.45, 2.75) is 12.7 Å². The molecule has 6 heteroatoms. The fourth-order valence-corrected chi connectivity index (χ4v) is 1.37. The van der Waals surface area contributed by atoms with E-state index in [0.29, 0.717) is 0 Å². The molecule has 0 aliphatic carbocycles. The van der Waals surface area contributed by atoms with E-state index in [1.807, 2.05) is 0 Å². The number of hydrogen-bond acceptors (Lipinski definition) is 2. The molecule has 0 heterocycles. The van der Waals surface area contributed by atoms with Crippen molar-refractivity contribution in [3.8, 4) is 0 Å². The van der Waals surface area contributed by atoms with Crippen LogP contribution in [0, 0.1) is 0 Å². The minimum Gasteiger partial charge on any atom is -0.351 e. The molecule has 0 fully saturated rings. The Hall–Kier alpha value is -1.56. The van der Waals surface area contributed by atoms with Crippen molar-refractivity contribution in [3.05, 3.63) is 35.4 Å². The van der Waals surface area contributed by atoms with Crippen molar-refractivity contribution in [1.82, 2.24) is 10.6 Å².